The molecule has 1 unspecified atom stereocenters. The molecule has 0 spiro atoms. The maximum absolute atomic E-state index is 3.48. The van der Waals surface area contributed by atoms with Gasteiger partial charge in [-0.25, -0.2) is 0 Å². The highest BCUT2D eigenvalue weighted by molar-refractivity contribution is 5.33. The van der Waals surface area contributed by atoms with Crippen molar-refractivity contribution in [2.75, 3.05) is 6.54 Å². The third-order valence-corrected chi connectivity index (χ3v) is 3.05. The van der Waals surface area contributed by atoms with Gasteiger partial charge >= 0.3 is 0 Å². The van der Waals surface area contributed by atoms with Crippen molar-refractivity contribution in [3.63, 3.8) is 0 Å². The van der Waals surface area contributed by atoms with Crippen molar-refractivity contribution in [1.82, 2.24) is 5.32 Å². The second kappa shape index (κ2) is 7.41. The van der Waals surface area contributed by atoms with Gasteiger partial charge in [-0.05, 0) is 24.1 Å². The van der Waals surface area contributed by atoms with E-state index in [1.54, 1.807) is 0 Å². The second-order valence-electron chi connectivity index (χ2n) is 4.42. The van der Waals surface area contributed by atoms with Gasteiger partial charge in [-0.1, -0.05) is 67.3 Å². The van der Waals surface area contributed by atoms with E-state index < -0.39 is 0 Å². The van der Waals surface area contributed by atoms with Gasteiger partial charge in [-0.3, -0.25) is 5.32 Å². The van der Waals surface area contributed by atoms with Gasteiger partial charge in [0.2, 0.25) is 0 Å². The molecule has 1 nitrogen and oxygen atoms in total. The Hall–Kier alpha value is -2.04. The minimum Gasteiger partial charge on any atom is -0.299 e. The summed E-state index contributed by atoms with van der Waals surface area (Å²) in [7, 11) is 0. The second-order valence-corrected chi connectivity index (χ2v) is 4.42. The van der Waals surface area contributed by atoms with Crippen LogP contribution in [0.2, 0.25) is 0 Å². The largest absolute Gasteiger partial charge is 0.299 e. The molecule has 0 saturated heterocycles. The predicted molar refractivity (Wildman–Crippen MR) is 80.8 cm³/mol. The zero-order valence-corrected chi connectivity index (χ0v) is 11.3. The molecular weight excluding hydrogens is 230 g/mol. The highest BCUT2D eigenvalue weighted by Crippen LogP contribution is 2.15. The standard InChI is InChI=1S/C18H19N/c1-2-18(17-13-7-4-8-14-17)19-15-9-12-16-10-5-3-6-11-16/h3-8,10-11,13-14,18-19H,2,15H2,1H3. The molecule has 0 fully saturated rings. The van der Waals surface area contributed by atoms with Gasteiger partial charge in [0.25, 0.3) is 0 Å². The molecule has 2 aromatic rings. The van der Waals surface area contributed by atoms with Gasteiger partial charge in [-0.15, -0.1) is 0 Å². The highest BCUT2D eigenvalue weighted by Gasteiger charge is 2.05. The van der Waals surface area contributed by atoms with Crippen molar-refractivity contribution in [3.05, 3.63) is 71.8 Å². The van der Waals surface area contributed by atoms with E-state index >= 15 is 0 Å². The summed E-state index contributed by atoms with van der Waals surface area (Å²) in [6.45, 7) is 2.90. The quantitative estimate of drug-likeness (QED) is 0.813. The van der Waals surface area contributed by atoms with Crippen LogP contribution in [0.4, 0.5) is 0 Å². The SMILES string of the molecule is CCC(NCC#Cc1ccccc1)c1ccccc1. The highest BCUT2D eigenvalue weighted by atomic mass is 14.9. The van der Waals surface area contributed by atoms with E-state index in [2.05, 4.69) is 48.3 Å². The lowest BCUT2D eigenvalue weighted by atomic mass is 10.0. The third-order valence-electron chi connectivity index (χ3n) is 3.05. The summed E-state index contributed by atoms with van der Waals surface area (Å²) in [6.07, 6.45) is 1.07. The zero-order valence-electron chi connectivity index (χ0n) is 11.3. The molecule has 0 heterocycles. The molecule has 2 rings (SSSR count). The molecule has 2 aromatic carbocycles. The molecule has 0 amide bonds. The molecule has 0 aliphatic heterocycles. The topological polar surface area (TPSA) is 12.0 Å². The molecule has 0 aliphatic rings. The normalized spacial score (nSPS) is 11.4. The number of rotatable bonds is 4. The van der Waals surface area contributed by atoms with E-state index in [1.165, 1.54) is 5.56 Å². The predicted octanol–water partition coefficient (Wildman–Crippen LogP) is 3.78. The van der Waals surface area contributed by atoms with E-state index in [1.807, 2.05) is 36.4 Å². The lowest BCUT2D eigenvalue weighted by Gasteiger charge is -2.15. The molecule has 1 N–H and O–H groups in total. The van der Waals surface area contributed by atoms with Crippen molar-refractivity contribution in [2.45, 2.75) is 19.4 Å². The van der Waals surface area contributed by atoms with E-state index in [0.717, 1.165) is 12.0 Å². The van der Waals surface area contributed by atoms with Crippen LogP contribution in [0.25, 0.3) is 0 Å². The van der Waals surface area contributed by atoms with Crippen molar-refractivity contribution < 1.29 is 0 Å². The Morgan fingerprint density at radius 3 is 2.21 bits per heavy atom. The minimum atomic E-state index is 0.381. The smallest absolute Gasteiger partial charge is 0.0585 e. The average molecular weight is 249 g/mol. The minimum absolute atomic E-state index is 0.381. The molecule has 0 saturated carbocycles. The van der Waals surface area contributed by atoms with Gasteiger partial charge < -0.3 is 0 Å². The molecule has 0 aromatic heterocycles. The van der Waals surface area contributed by atoms with E-state index in [4.69, 9.17) is 0 Å². The molecule has 19 heavy (non-hydrogen) atoms. The Labute approximate surface area is 115 Å². The Bertz CT molecular complexity index is 534. The maximum Gasteiger partial charge on any atom is 0.0585 e. The van der Waals surface area contributed by atoms with E-state index in [0.29, 0.717) is 12.6 Å². The first-order valence-electron chi connectivity index (χ1n) is 6.72. The fraction of sp³-hybridized carbons (Fsp3) is 0.222. The van der Waals surface area contributed by atoms with Crippen molar-refractivity contribution in [3.8, 4) is 11.8 Å². The molecule has 1 atom stereocenters. The van der Waals surface area contributed by atoms with Crippen LogP contribution >= 0.6 is 0 Å². The monoisotopic (exact) mass is 249 g/mol. The summed E-state index contributed by atoms with van der Waals surface area (Å²) in [4.78, 5) is 0. The first kappa shape index (κ1) is 13.4. The summed E-state index contributed by atoms with van der Waals surface area (Å²) >= 11 is 0. The van der Waals surface area contributed by atoms with Crippen LogP contribution in [0.15, 0.2) is 60.7 Å². The lowest BCUT2D eigenvalue weighted by molar-refractivity contribution is 0.555. The molecule has 1 heteroatoms. The Morgan fingerprint density at radius 2 is 1.58 bits per heavy atom. The molecular formula is C18H19N. The first-order chi connectivity index (χ1) is 9.40. The van der Waals surface area contributed by atoms with Crippen LogP contribution in [0, 0.1) is 11.8 Å². The number of hydrogen-bond acceptors (Lipinski definition) is 1. The van der Waals surface area contributed by atoms with Crippen LogP contribution in [0.1, 0.15) is 30.5 Å². The maximum atomic E-state index is 3.48. The van der Waals surface area contributed by atoms with E-state index in [9.17, 15) is 0 Å². The first-order valence-corrected chi connectivity index (χ1v) is 6.72. The summed E-state index contributed by atoms with van der Waals surface area (Å²) < 4.78 is 0. The zero-order chi connectivity index (χ0) is 13.3. The third kappa shape index (κ3) is 4.28. The summed E-state index contributed by atoms with van der Waals surface area (Å²) in [5.41, 5.74) is 2.39. The van der Waals surface area contributed by atoms with Crippen molar-refractivity contribution >= 4 is 0 Å². The van der Waals surface area contributed by atoms with Crippen molar-refractivity contribution in [2.24, 2.45) is 0 Å². The molecule has 0 aliphatic carbocycles. The van der Waals surface area contributed by atoms with E-state index in [-0.39, 0.29) is 0 Å². The summed E-state index contributed by atoms with van der Waals surface area (Å²) in [6, 6.07) is 21.0. The number of nitrogens with one attached hydrogen (secondary N) is 1. The van der Waals surface area contributed by atoms with Gasteiger partial charge in [-0.2, -0.15) is 0 Å². The van der Waals surface area contributed by atoms with Crippen LogP contribution in [-0.4, -0.2) is 6.54 Å². The molecule has 0 radical (unpaired) electrons. The average Bonchev–Trinajstić information content (AvgIpc) is 2.49. The summed E-state index contributed by atoms with van der Waals surface area (Å²) in [5.74, 6) is 6.34. The number of hydrogen-bond donors (Lipinski definition) is 1. The van der Waals surface area contributed by atoms with Gasteiger partial charge in [0.05, 0.1) is 6.54 Å². The van der Waals surface area contributed by atoms with Gasteiger partial charge in [0.15, 0.2) is 0 Å². The van der Waals surface area contributed by atoms with Gasteiger partial charge in [0, 0.05) is 11.6 Å². The van der Waals surface area contributed by atoms with Crippen LogP contribution in [0.3, 0.4) is 0 Å². The van der Waals surface area contributed by atoms with Crippen molar-refractivity contribution in [1.29, 1.82) is 0 Å². The van der Waals surface area contributed by atoms with Gasteiger partial charge in [0.1, 0.15) is 0 Å². The van der Waals surface area contributed by atoms with Crippen LogP contribution in [0.5, 0.6) is 0 Å². The molecule has 0 bridgehead atoms. The Kier molecular flexibility index (Phi) is 5.22. The van der Waals surface area contributed by atoms with Crippen LogP contribution < -0.4 is 5.32 Å². The Balaban J connectivity index is 1.90. The fourth-order valence-corrected chi connectivity index (χ4v) is 2.03. The Morgan fingerprint density at radius 1 is 0.947 bits per heavy atom. The number of benzene rings is 2. The molecule has 96 valence electrons. The summed E-state index contributed by atoms with van der Waals surface area (Å²) in [5, 5.41) is 3.48. The fourth-order valence-electron chi connectivity index (χ4n) is 2.03. The lowest BCUT2D eigenvalue weighted by Crippen LogP contribution is -2.20. The van der Waals surface area contributed by atoms with Crippen LogP contribution in [-0.2, 0) is 0 Å².